The van der Waals surface area contributed by atoms with Crippen LogP contribution in [0, 0.1) is 29.6 Å². The van der Waals surface area contributed by atoms with Gasteiger partial charge in [0.05, 0.1) is 0 Å². The number of nitrogens with one attached hydrogen (secondary N) is 1. The predicted molar refractivity (Wildman–Crippen MR) is 46.9 cm³/mol. The average Bonchev–Trinajstić information content (AvgIpc) is 2.53. The molecule has 1 aromatic rings. The minimum absolute atomic E-state index is 0.243. The zero-order chi connectivity index (χ0) is 9.68. The maximum Gasteiger partial charge on any atom is 0.237 e. The fourth-order valence-electron chi connectivity index (χ4n) is 0.520. The molecule has 13 heavy (non-hydrogen) atoms. The second kappa shape index (κ2) is 4.14. The summed E-state index contributed by atoms with van der Waals surface area (Å²) in [5.41, 5.74) is 2.21. The van der Waals surface area contributed by atoms with Crippen LogP contribution in [0.1, 0.15) is 5.01 Å². The van der Waals surface area contributed by atoms with E-state index < -0.39 is 0 Å². The van der Waals surface area contributed by atoms with E-state index in [1.807, 2.05) is 0 Å². The van der Waals surface area contributed by atoms with E-state index in [1.165, 1.54) is 11.3 Å². The van der Waals surface area contributed by atoms with Crippen molar-refractivity contribution in [3.63, 3.8) is 0 Å². The Kier molecular flexibility index (Phi) is 2.90. The van der Waals surface area contributed by atoms with Crippen molar-refractivity contribution in [1.82, 2.24) is 10.2 Å². The van der Waals surface area contributed by atoms with Gasteiger partial charge in [0.2, 0.25) is 10.8 Å². The maximum atomic E-state index is 8.33. The second-order valence-electron chi connectivity index (χ2n) is 1.92. The van der Waals surface area contributed by atoms with Crippen molar-refractivity contribution in [3.8, 4) is 12.1 Å². The van der Waals surface area contributed by atoms with Crippen LogP contribution < -0.4 is 5.43 Å². The fourth-order valence-corrected chi connectivity index (χ4v) is 1.05. The molecule has 1 rings (SSSR count). The molecule has 0 aliphatic heterocycles. The highest BCUT2D eigenvalue weighted by Gasteiger charge is 1.98. The number of hydrogen-bond acceptors (Lipinski definition) is 7. The first-order valence-electron chi connectivity index (χ1n) is 3.20. The van der Waals surface area contributed by atoms with Gasteiger partial charge in [0.25, 0.3) is 0 Å². The molecule has 1 heterocycles. The van der Waals surface area contributed by atoms with E-state index in [0.717, 1.165) is 5.01 Å². The lowest BCUT2D eigenvalue weighted by molar-refractivity contribution is 1.04. The van der Waals surface area contributed by atoms with Gasteiger partial charge in [-0.2, -0.15) is 15.6 Å². The van der Waals surface area contributed by atoms with Crippen LogP contribution in [0.5, 0.6) is 0 Å². The smallest absolute Gasteiger partial charge is 0.237 e. The van der Waals surface area contributed by atoms with Gasteiger partial charge in [0, 0.05) is 0 Å². The van der Waals surface area contributed by atoms with Crippen molar-refractivity contribution in [2.45, 2.75) is 6.92 Å². The topological polar surface area (TPSA) is 97.8 Å². The number of aryl methyl sites for hydroxylation is 1. The van der Waals surface area contributed by atoms with Gasteiger partial charge in [-0.3, -0.25) is 0 Å². The summed E-state index contributed by atoms with van der Waals surface area (Å²) in [6.07, 6.45) is 0. The van der Waals surface area contributed by atoms with Crippen LogP contribution in [0.15, 0.2) is 5.10 Å². The first-order chi connectivity index (χ1) is 6.26. The Bertz CT molecular complexity index is 389. The van der Waals surface area contributed by atoms with Gasteiger partial charge in [-0.15, -0.1) is 10.2 Å². The summed E-state index contributed by atoms with van der Waals surface area (Å²) in [4.78, 5) is 0. The molecule has 0 unspecified atom stereocenters. The van der Waals surface area contributed by atoms with Crippen molar-refractivity contribution in [2.75, 3.05) is 5.43 Å². The molecule has 1 aromatic heterocycles. The number of hydrogen-bond donors (Lipinski definition) is 1. The van der Waals surface area contributed by atoms with E-state index in [2.05, 4.69) is 20.7 Å². The Morgan fingerprint density at radius 3 is 2.62 bits per heavy atom. The molecule has 0 radical (unpaired) electrons. The first-order valence-corrected chi connectivity index (χ1v) is 4.02. The van der Waals surface area contributed by atoms with Crippen LogP contribution in [-0.4, -0.2) is 15.9 Å². The third-order valence-electron chi connectivity index (χ3n) is 1.00. The van der Waals surface area contributed by atoms with Crippen LogP contribution in [0.25, 0.3) is 0 Å². The van der Waals surface area contributed by atoms with Crippen LogP contribution in [-0.2, 0) is 0 Å². The van der Waals surface area contributed by atoms with Gasteiger partial charge in [0.1, 0.15) is 17.1 Å². The summed E-state index contributed by atoms with van der Waals surface area (Å²) < 4.78 is 0. The minimum Gasteiger partial charge on any atom is -0.249 e. The van der Waals surface area contributed by atoms with Crippen LogP contribution >= 0.6 is 11.3 Å². The number of rotatable bonds is 2. The molecule has 0 aliphatic rings. The zero-order valence-corrected chi connectivity index (χ0v) is 7.46. The maximum absolute atomic E-state index is 8.33. The Labute approximate surface area is 78.1 Å². The second-order valence-corrected chi connectivity index (χ2v) is 3.10. The van der Waals surface area contributed by atoms with Crippen molar-refractivity contribution < 1.29 is 0 Å². The molecule has 64 valence electrons. The number of nitrogens with zero attached hydrogens (tertiary/aromatic N) is 5. The number of aromatic nitrogens is 2. The van der Waals surface area contributed by atoms with E-state index in [1.54, 1.807) is 19.1 Å². The minimum atomic E-state index is -0.243. The normalized spacial score (nSPS) is 8.23. The molecule has 0 bridgehead atoms. The Morgan fingerprint density at radius 1 is 1.46 bits per heavy atom. The van der Waals surface area contributed by atoms with Crippen LogP contribution in [0.3, 0.4) is 0 Å². The highest BCUT2D eigenvalue weighted by molar-refractivity contribution is 7.15. The Balaban J connectivity index is 2.68. The van der Waals surface area contributed by atoms with Crippen molar-refractivity contribution in [3.05, 3.63) is 5.01 Å². The molecule has 0 fully saturated rings. The zero-order valence-electron chi connectivity index (χ0n) is 6.64. The van der Waals surface area contributed by atoms with Gasteiger partial charge in [0.15, 0.2) is 0 Å². The first kappa shape index (κ1) is 9.10. The van der Waals surface area contributed by atoms with Crippen LogP contribution in [0.4, 0.5) is 5.13 Å². The lowest BCUT2D eigenvalue weighted by atomic mass is 10.5. The third kappa shape index (κ3) is 2.51. The summed E-state index contributed by atoms with van der Waals surface area (Å²) in [5.74, 6) is 0. The summed E-state index contributed by atoms with van der Waals surface area (Å²) >= 11 is 1.29. The van der Waals surface area contributed by atoms with E-state index in [-0.39, 0.29) is 5.71 Å². The molecule has 0 aliphatic carbocycles. The van der Waals surface area contributed by atoms with Crippen LogP contribution in [0.2, 0.25) is 0 Å². The predicted octanol–water partition coefficient (Wildman–Crippen LogP) is 0.662. The van der Waals surface area contributed by atoms with E-state index in [9.17, 15) is 0 Å². The molecular weight excluding hydrogens is 188 g/mol. The summed E-state index contributed by atoms with van der Waals surface area (Å²) in [5, 5.41) is 28.8. The standard InChI is InChI=1S/C6H4N6S/c1-4-9-11-6(13-4)12-10-5(2-7)3-8/h1H3,(H,11,12). The molecule has 0 saturated carbocycles. The highest BCUT2D eigenvalue weighted by Crippen LogP contribution is 2.12. The fraction of sp³-hybridized carbons (Fsp3) is 0.167. The van der Waals surface area contributed by atoms with Gasteiger partial charge in [-0.1, -0.05) is 11.3 Å². The summed E-state index contributed by atoms with van der Waals surface area (Å²) in [6, 6.07) is 3.22. The van der Waals surface area contributed by atoms with Crippen molar-refractivity contribution >= 4 is 22.2 Å². The molecule has 1 N–H and O–H groups in total. The molecule has 0 amide bonds. The lowest BCUT2D eigenvalue weighted by Crippen LogP contribution is -1.95. The molecule has 6 nitrogen and oxygen atoms in total. The third-order valence-corrected chi connectivity index (χ3v) is 1.74. The Morgan fingerprint density at radius 2 is 2.15 bits per heavy atom. The molecule has 0 saturated heterocycles. The SMILES string of the molecule is Cc1nnc(NN=C(C#N)C#N)s1. The van der Waals surface area contributed by atoms with Gasteiger partial charge >= 0.3 is 0 Å². The summed E-state index contributed by atoms with van der Waals surface area (Å²) in [6.45, 7) is 1.79. The van der Waals surface area contributed by atoms with Gasteiger partial charge in [-0.25, -0.2) is 5.43 Å². The molecule has 0 spiro atoms. The summed E-state index contributed by atoms with van der Waals surface area (Å²) in [7, 11) is 0. The Hall–Kier alpha value is -1.99. The monoisotopic (exact) mass is 192 g/mol. The van der Waals surface area contributed by atoms with Crippen molar-refractivity contribution in [1.29, 1.82) is 10.5 Å². The lowest BCUT2D eigenvalue weighted by Gasteiger charge is -1.88. The average molecular weight is 192 g/mol. The number of anilines is 1. The van der Waals surface area contributed by atoms with E-state index in [4.69, 9.17) is 10.5 Å². The number of hydrazone groups is 1. The van der Waals surface area contributed by atoms with E-state index in [0.29, 0.717) is 5.13 Å². The molecule has 0 atom stereocenters. The van der Waals surface area contributed by atoms with Crippen molar-refractivity contribution in [2.24, 2.45) is 5.10 Å². The quantitative estimate of drug-likeness (QED) is 0.548. The highest BCUT2D eigenvalue weighted by atomic mass is 32.1. The molecular formula is C6H4N6S. The van der Waals surface area contributed by atoms with Gasteiger partial charge in [-0.05, 0) is 6.92 Å². The number of nitriles is 2. The molecule has 0 aromatic carbocycles. The largest absolute Gasteiger partial charge is 0.249 e. The molecule has 7 heteroatoms. The van der Waals surface area contributed by atoms with Gasteiger partial charge < -0.3 is 0 Å². The van der Waals surface area contributed by atoms with E-state index >= 15 is 0 Å².